The fraction of sp³-hybridized carbons (Fsp3) is 0.640. The van der Waals surface area contributed by atoms with E-state index in [-0.39, 0.29) is 10.9 Å². The molecule has 3 aromatic rings. The molecular formula is C50H79BF4O2S. The summed E-state index contributed by atoms with van der Waals surface area (Å²) in [6.45, 7) is 6.21. The Kier molecular flexibility index (Phi) is 31.3. The van der Waals surface area contributed by atoms with E-state index >= 15 is 0 Å². The Balaban J connectivity index is 0.00000218. The second kappa shape index (κ2) is 35.2. The van der Waals surface area contributed by atoms with Crippen molar-refractivity contribution in [1.82, 2.24) is 0 Å². The van der Waals surface area contributed by atoms with Crippen LogP contribution in [-0.2, 0) is 10.9 Å². The van der Waals surface area contributed by atoms with E-state index < -0.39 is 7.25 Å². The molecule has 0 radical (unpaired) electrons. The molecule has 0 spiro atoms. The molecule has 328 valence electrons. The second-order valence-corrected chi connectivity index (χ2v) is 18.0. The van der Waals surface area contributed by atoms with Crippen LogP contribution in [-0.4, -0.2) is 20.5 Å². The third-order valence-electron chi connectivity index (χ3n) is 10.6. The van der Waals surface area contributed by atoms with Gasteiger partial charge in [0.25, 0.3) is 0 Å². The van der Waals surface area contributed by atoms with Crippen molar-refractivity contribution in [2.45, 2.75) is 208 Å². The van der Waals surface area contributed by atoms with Crippen LogP contribution in [0.25, 0.3) is 0 Å². The summed E-state index contributed by atoms with van der Waals surface area (Å²) in [4.78, 5) is 3.96. The Hall–Kier alpha value is -2.61. The van der Waals surface area contributed by atoms with E-state index in [1.54, 1.807) is 0 Å². The molecule has 0 aliphatic heterocycles. The summed E-state index contributed by atoms with van der Waals surface area (Å²) in [5, 5.41) is 0. The molecule has 8 heteroatoms. The zero-order valence-corrected chi connectivity index (χ0v) is 37.3. The molecule has 0 unspecified atom stereocenters. The van der Waals surface area contributed by atoms with Crippen LogP contribution in [0.5, 0.6) is 11.5 Å². The summed E-state index contributed by atoms with van der Waals surface area (Å²) >= 11 is 0. The summed E-state index contributed by atoms with van der Waals surface area (Å²) in [6.07, 6.45) is 38.7. The smallest absolute Gasteiger partial charge is 0.494 e. The highest BCUT2D eigenvalue weighted by Gasteiger charge is 2.28. The van der Waals surface area contributed by atoms with Crippen LogP contribution in [0.3, 0.4) is 0 Å². The van der Waals surface area contributed by atoms with Crippen molar-refractivity contribution in [3.05, 3.63) is 78.9 Å². The number of ether oxygens (including phenoxy) is 2. The van der Waals surface area contributed by atoms with Crippen molar-refractivity contribution in [3.8, 4) is 11.5 Å². The fourth-order valence-electron chi connectivity index (χ4n) is 7.28. The van der Waals surface area contributed by atoms with Gasteiger partial charge in [0.1, 0.15) is 11.5 Å². The van der Waals surface area contributed by atoms with Gasteiger partial charge >= 0.3 is 7.25 Å². The quantitative estimate of drug-likeness (QED) is 0.0254. The molecule has 0 fully saturated rings. The minimum atomic E-state index is -6.00. The molecule has 0 aliphatic rings. The first-order chi connectivity index (χ1) is 28.3. The number of hydrogen-bond acceptors (Lipinski definition) is 2. The van der Waals surface area contributed by atoms with Gasteiger partial charge in [-0.15, -0.1) is 0 Å². The lowest BCUT2D eigenvalue weighted by Gasteiger charge is -2.11. The molecule has 0 atom stereocenters. The standard InChI is InChI=1S/C50H79O2S.BF4/c1-3-5-7-9-11-13-15-17-19-21-23-25-27-32-44-51-46-36-40-49(41-37-46)53(48-34-30-29-31-35-48)50-42-38-47(39-43-50)52-45-33-28-26-24-22-20-18-16-14-12-10-8-6-4-2;2-1(3,4)5/h29-31,34-43H,3-28,32-33,44-45H2,1-2H3;/q+1;-1. The largest absolute Gasteiger partial charge is 0.673 e. The van der Waals surface area contributed by atoms with Gasteiger partial charge < -0.3 is 26.7 Å². The molecule has 0 heterocycles. The Labute approximate surface area is 355 Å². The first-order valence-corrected chi connectivity index (χ1v) is 24.7. The van der Waals surface area contributed by atoms with Crippen molar-refractivity contribution < 1.29 is 26.7 Å². The highest BCUT2D eigenvalue weighted by atomic mass is 32.2. The fourth-order valence-corrected chi connectivity index (χ4v) is 9.34. The lowest BCUT2D eigenvalue weighted by Crippen LogP contribution is -2.05. The minimum Gasteiger partial charge on any atom is -0.494 e. The van der Waals surface area contributed by atoms with Gasteiger partial charge in [-0.3, -0.25) is 0 Å². The van der Waals surface area contributed by atoms with E-state index in [9.17, 15) is 17.3 Å². The molecule has 0 bridgehead atoms. The van der Waals surface area contributed by atoms with Crippen molar-refractivity contribution in [2.75, 3.05) is 13.2 Å². The predicted octanol–water partition coefficient (Wildman–Crippen LogP) is 17.8. The van der Waals surface area contributed by atoms with E-state index in [1.165, 1.54) is 182 Å². The molecule has 0 saturated heterocycles. The average molecular weight is 831 g/mol. The second-order valence-electron chi connectivity index (χ2n) is 15.9. The summed E-state index contributed by atoms with van der Waals surface area (Å²) in [5.74, 6) is 1.96. The van der Waals surface area contributed by atoms with Gasteiger partial charge in [0, 0.05) is 0 Å². The zero-order chi connectivity index (χ0) is 41.8. The van der Waals surface area contributed by atoms with Crippen molar-refractivity contribution in [3.63, 3.8) is 0 Å². The van der Waals surface area contributed by atoms with E-state index in [0.717, 1.165) is 37.6 Å². The molecule has 0 saturated carbocycles. The van der Waals surface area contributed by atoms with Gasteiger partial charge in [-0.25, -0.2) is 0 Å². The predicted molar refractivity (Wildman–Crippen MR) is 243 cm³/mol. The molecule has 0 N–H and O–H groups in total. The lowest BCUT2D eigenvalue weighted by molar-refractivity contribution is 0.304. The lowest BCUT2D eigenvalue weighted by atomic mass is 10.0. The SMILES string of the molecule is CCCCCCCCCCCCCCCCOc1ccc([S+](c2ccccc2)c2ccc(OCCCCCCCCCCCCCCCC)cc2)cc1.F[B-](F)(F)F. The third-order valence-corrected chi connectivity index (χ3v) is 12.9. The van der Waals surface area contributed by atoms with Crippen LogP contribution < -0.4 is 9.47 Å². The molecule has 0 aliphatic carbocycles. The topological polar surface area (TPSA) is 18.5 Å². The first-order valence-electron chi connectivity index (χ1n) is 23.4. The number of halogens is 4. The summed E-state index contributed by atoms with van der Waals surface area (Å²) in [5.41, 5.74) is 0. The van der Waals surface area contributed by atoms with Crippen LogP contribution in [0.1, 0.15) is 194 Å². The maximum Gasteiger partial charge on any atom is 0.673 e. The van der Waals surface area contributed by atoms with Gasteiger partial charge in [-0.05, 0) is 73.5 Å². The Bertz CT molecular complexity index is 1240. The first kappa shape index (κ1) is 51.5. The van der Waals surface area contributed by atoms with E-state index in [0.29, 0.717) is 0 Å². The minimum absolute atomic E-state index is 0.177. The summed E-state index contributed by atoms with van der Waals surface area (Å²) < 4.78 is 51.3. The summed E-state index contributed by atoms with van der Waals surface area (Å²) in [7, 11) is -6.18. The summed E-state index contributed by atoms with van der Waals surface area (Å²) in [6, 6.07) is 28.6. The van der Waals surface area contributed by atoms with Crippen LogP contribution >= 0.6 is 0 Å². The van der Waals surface area contributed by atoms with E-state index in [4.69, 9.17) is 9.47 Å². The Morgan fingerprint density at radius 1 is 0.345 bits per heavy atom. The molecule has 3 rings (SSSR count). The van der Waals surface area contributed by atoms with E-state index in [1.807, 2.05) is 0 Å². The Morgan fingerprint density at radius 2 is 0.586 bits per heavy atom. The maximum absolute atomic E-state index is 9.75. The molecule has 2 nitrogen and oxygen atoms in total. The molecule has 58 heavy (non-hydrogen) atoms. The van der Waals surface area contributed by atoms with E-state index in [2.05, 4.69) is 92.7 Å². The van der Waals surface area contributed by atoms with Crippen molar-refractivity contribution >= 4 is 18.1 Å². The highest BCUT2D eigenvalue weighted by Crippen LogP contribution is 2.33. The number of hydrogen-bond donors (Lipinski definition) is 0. The highest BCUT2D eigenvalue weighted by molar-refractivity contribution is 7.97. The molecule has 3 aromatic carbocycles. The van der Waals surface area contributed by atoms with Gasteiger partial charge in [0.05, 0.1) is 24.1 Å². The van der Waals surface area contributed by atoms with Gasteiger partial charge in [0.15, 0.2) is 14.7 Å². The van der Waals surface area contributed by atoms with Gasteiger partial charge in [-0.2, -0.15) is 0 Å². The monoisotopic (exact) mass is 831 g/mol. The normalized spacial score (nSPS) is 11.4. The van der Waals surface area contributed by atoms with Crippen LogP contribution in [0.4, 0.5) is 17.3 Å². The van der Waals surface area contributed by atoms with Gasteiger partial charge in [0.2, 0.25) is 0 Å². The van der Waals surface area contributed by atoms with Crippen LogP contribution in [0, 0.1) is 0 Å². The Morgan fingerprint density at radius 3 is 0.862 bits per heavy atom. The number of rotatable bonds is 35. The maximum atomic E-state index is 9.75. The third kappa shape index (κ3) is 28.8. The average Bonchev–Trinajstić information content (AvgIpc) is 3.22. The molecule has 0 amide bonds. The van der Waals surface area contributed by atoms with Gasteiger partial charge in [-0.1, -0.05) is 199 Å². The zero-order valence-electron chi connectivity index (χ0n) is 36.5. The van der Waals surface area contributed by atoms with Crippen LogP contribution in [0.2, 0.25) is 0 Å². The number of unbranched alkanes of at least 4 members (excludes halogenated alkanes) is 26. The molecule has 0 aromatic heterocycles. The van der Waals surface area contributed by atoms with Crippen LogP contribution in [0.15, 0.2) is 93.5 Å². The number of benzene rings is 3. The van der Waals surface area contributed by atoms with Crippen molar-refractivity contribution in [2.24, 2.45) is 0 Å². The van der Waals surface area contributed by atoms with Crippen molar-refractivity contribution in [1.29, 1.82) is 0 Å². The molecular weight excluding hydrogens is 751 g/mol.